The summed E-state index contributed by atoms with van der Waals surface area (Å²) in [5, 5.41) is 47.0. The summed E-state index contributed by atoms with van der Waals surface area (Å²) in [6.07, 6.45) is 2.94. The molecule has 0 amide bonds. The maximum Gasteiger partial charge on any atom is 0.344 e. The Labute approximate surface area is 621 Å². The Balaban J connectivity index is 0.000000146. The fourth-order valence-electron chi connectivity index (χ4n) is 10.9. The Morgan fingerprint density at radius 3 is 1.15 bits per heavy atom. The molecule has 4 aromatic heterocycles. The number of ether oxygens (including phenoxy) is 1. The third kappa shape index (κ3) is 17.7. The smallest absolute Gasteiger partial charge is 0.344 e. The normalized spacial score (nSPS) is 16.0. The van der Waals surface area contributed by atoms with Crippen LogP contribution >= 0.6 is 81.2 Å². The van der Waals surface area contributed by atoms with Crippen LogP contribution in [0.4, 0.5) is 22.0 Å². The van der Waals surface area contributed by atoms with Crippen molar-refractivity contribution in [1.82, 2.24) is 20.6 Å². The number of benzene rings is 5. The van der Waals surface area contributed by atoms with Gasteiger partial charge in [-0.25, -0.2) is 31.5 Å². The second kappa shape index (κ2) is 32.2. The number of aliphatic hydroxyl groups is 1. The third-order valence-electron chi connectivity index (χ3n) is 17.2. The molecule has 3 N–H and O–H groups in total. The number of carboxylic acid groups (broad SMARTS) is 1. The van der Waals surface area contributed by atoms with Crippen LogP contribution < -0.4 is 0 Å². The molecule has 30 heteroatoms. The van der Waals surface area contributed by atoms with Crippen LogP contribution in [0, 0.1) is 34.6 Å². The minimum absolute atomic E-state index is 0.0121. The van der Waals surface area contributed by atoms with Gasteiger partial charge in [-0.1, -0.05) is 156 Å². The number of ketones is 2. The molecule has 0 bridgehead atoms. The first-order valence-electron chi connectivity index (χ1n) is 32.0. The monoisotopic (exact) mass is 1560 g/mol. The lowest BCUT2D eigenvalue weighted by Crippen LogP contribution is -2.18. The van der Waals surface area contributed by atoms with Gasteiger partial charge in [0.05, 0.1) is 50.3 Å². The highest BCUT2D eigenvalue weighted by atomic mass is 35.5. The summed E-state index contributed by atoms with van der Waals surface area (Å²) in [6, 6.07) is 26.6. The van der Waals surface area contributed by atoms with Gasteiger partial charge in [-0.3, -0.25) is 14.4 Å². The molecule has 14 rings (SSSR count). The maximum atomic E-state index is 14.4. The van der Waals surface area contributed by atoms with E-state index < -0.39 is 51.3 Å². The summed E-state index contributed by atoms with van der Waals surface area (Å²) in [7, 11) is 0. The van der Waals surface area contributed by atoms with E-state index in [-0.39, 0.29) is 100 Å². The molecule has 0 atom stereocenters. The highest BCUT2D eigenvalue weighted by Gasteiger charge is 2.55. The number of hydrogen-bond acceptors (Lipinski definition) is 17. The largest absolute Gasteiger partial charge is 0.477 e. The van der Waals surface area contributed by atoms with E-state index in [9.17, 15) is 56.1 Å². The van der Waals surface area contributed by atoms with Crippen LogP contribution in [0.3, 0.4) is 0 Å². The minimum Gasteiger partial charge on any atom is -0.477 e. The van der Waals surface area contributed by atoms with Crippen LogP contribution in [0.2, 0.25) is 25.1 Å². The second-order valence-electron chi connectivity index (χ2n) is 25.2. The molecule has 0 spiro atoms. The van der Waals surface area contributed by atoms with Crippen LogP contribution in [0.5, 0.6) is 0 Å². The van der Waals surface area contributed by atoms with E-state index in [1.165, 1.54) is 6.92 Å². The lowest BCUT2D eigenvalue weighted by atomic mass is 10.00. The van der Waals surface area contributed by atoms with Gasteiger partial charge in [0.25, 0.3) is 5.24 Å². The van der Waals surface area contributed by atoms with Gasteiger partial charge < -0.3 is 38.2 Å². The number of alkyl halides is 5. The maximum absolute atomic E-state index is 14.4. The molecule has 5 aliphatic rings. The number of aromatic nitrogens is 4. The number of aryl methyl sites for hydroxylation is 5. The van der Waals surface area contributed by atoms with Crippen LogP contribution in [-0.4, -0.2) is 82.2 Å². The molecule has 5 aliphatic carbocycles. The second-order valence-corrected chi connectivity index (χ2v) is 27.9. The molecule has 0 radical (unpaired) electrons. The van der Waals surface area contributed by atoms with Crippen molar-refractivity contribution in [1.29, 1.82) is 0 Å². The molecule has 5 saturated carbocycles. The molecule has 0 unspecified atom stereocenters. The van der Waals surface area contributed by atoms with Gasteiger partial charge >= 0.3 is 11.9 Å². The van der Waals surface area contributed by atoms with Crippen molar-refractivity contribution in [3.8, 4) is 45.0 Å². The summed E-state index contributed by atoms with van der Waals surface area (Å²) in [5.74, 6) is -2.92. The zero-order valence-corrected chi connectivity index (χ0v) is 61.3. The van der Waals surface area contributed by atoms with Crippen molar-refractivity contribution < 1.29 is 84.2 Å². The van der Waals surface area contributed by atoms with Gasteiger partial charge in [-0.05, 0) is 182 Å². The number of nitrogens with zero attached hydrogens (tertiary/aromatic N) is 5. The molecular formula is C73H65Cl7F5N5O13. The van der Waals surface area contributed by atoms with E-state index in [0.717, 1.165) is 27.8 Å². The number of Topliss-reactive ketones (excluding diaryl/α,β-unsaturated/α-hetero) is 2. The fraction of sp³-hybridized carbons (Fsp3) is 0.342. The molecule has 544 valence electrons. The predicted molar refractivity (Wildman–Crippen MR) is 378 cm³/mol. The molecule has 5 aromatic carbocycles. The number of aromatic carboxylic acids is 1. The number of oxime groups is 1. The van der Waals surface area contributed by atoms with Crippen molar-refractivity contribution in [2.45, 2.75) is 154 Å². The van der Waals surface area contributed by atoms with Crippen molar-refractivity contribution in [2.24, 2.45) is 5.16 Å². The Morgan fingerprint density at radius 1 is 0.485 bits per heavy atom. The van der Waals surface area contributed by atoms with Crippen molar-refractivity contribution >= 4 is 115 Å². The number of halogens is 12. The highest BCUT2D eigenvalue weighted by Crippen LogP contribution is 2.56. The van der Waals surface area contributed by atoms with E-state index in [2.05, 4.69) is 25.8 Å². The van der Waals surface area contributed by atoms with Crippen LogP contribution in [0.25, 0.3) is 45.0 Å². The van der Waals surface area contributed by atoms with Gasteiger partial charge in [0.15, 0.2) is 62.3 Å². The number of esters is 1. The average Bonchev–Trinajstić information content (AvgIpc) is 1.61. The Kier molecular flexibility index (Phi) is 24.7. The van der Waals surface area contributed by atoms with Gasteiger partial charge in [0, 0.05) is 27.8 Å². The molecule has 0 aliphatic heterocycles. The number of rotatable bonds is 17. The quantitative estimate of drug-likeness (QED) is 0.0145. The van der Waals surface area contributed by atoms with Crippen molar-refractivity contribution in [3.05, 3.63) is 195 Å². The number of hydrogen-bond donors (Lipinski definition) is 3. The standard InChI is InChI=1S/C16H15ClFNO3.C14H10Cl2FNO2.C14H11ClFNO3.C14H13ClFNO2.C8H7Cl2NO.C7H9FO2/c1-3-21-15(20)12-13(11-9(2)5-4-6-10(11)17)19-22-14(12)16(18)7-8-16;1-7-3-2-4-8(15)9(7)11-10(13(16)19)12(20-18-11)14(17)5-6-14;1-7-3-2-4-8(15)9(7)11-10(13(18)19)12(20-17-11)14(16)5-6-14;1-8-3-2-4-10(15)11(8)12-9(7-18)13(19-17-12)14(16)5-6-14;1-5-3-2-4-6(9)7(5)8(10)11-12;1-5(9)4-6(10)7(8)2-3-7/h4-6H,3,7-8H2,1-2H3;2-4H,5-6H2,1H3;2-4H,5-6H2,1H3,(H,18,19);2-4,18H,5-7H2,1H3;2-4,12H,1H3;2-4H2,1H3/b;;;;11-8-;. The number of carbonyl (C=O) groups excluding carboxylic acids is 4. The van der Waals surface area contributed by atoms with E-state index in [4.69, 9.17) is 109 Å². The Bertz CT molecular complexity index is 4540. The molecule has 18 nitrogen and oxygen atoms in total. The summed E-state index contributed by atoms with van der Waals surface area (Å²) in [5.41, 5.74) is 0.1000. The lowest BCUT2D eigenvalue weighted by Gasteiger charge is -2.08. The number of aliphatic hydroxyl groups excluding tert-OH is 1. The van der Waals surface area contributed by atoms with Crippen LogP contribution in [-0.2, 0) is 43.6 Å². The first kappa shape index (κ1) is 79.1. The number of carbonyl (C=O) groups is 5. The lowest BCUT2D eigenvalue weighted by molar-refractivity contribution is -0.130. The number of carboxylic acids is 1. The van der Waals surface area contributed by atoms with E-state index in [1.807, 2.05) is 64.1 Å². The topological polar surface area (TPSA) is 272 Å². The zero-order valence-electron chi connectivity index (χ0n) is 56.0. The van der Waals surface area contributed by atoms with Gasteiger partial charge in [-0.15, -0.1) is 0 Å². The Hall–Kier alpha value is -8.00. The van der Waals surface area contributed by atoms with Gasteiger partial charge in [0.1, 0.15) is 45.2 Å². The summed E-state index contributed by atoms with van der Waals surface area (Å²) >= 11 is 41.7. The fourth-order valence-corrected chi connectivity index (χ4v) is 12.9. The van der Waals surface area contributed by atoms with E-state index in [1.54, 1.807) is 68.4 Å². The highest BCUT2D eigenvalue weighted by molar-refractivity contribution is 6.70. The Morgan fingerprint density at radius 2 is 0.816 bits per heavy atom. The van der Waals surface area contributed by atoms with Crippen molar-refractivity contribution in [3.63, 3.8) is 0 Å². The molecule has 5 fully saturated rings. The van der Waals surface area contributed by atoms with Crippen LogP contribution in [0.1, 0.15) is 178 Å². The molecule has 4 heterocycles. The summed E-state index contributed by atoms with van der Waals surface area (Å²) in [6.45, 7) is 12.0. The molecule has 103 heavy (non-hydrogen) atoms. The van der Waals surface area contributed by atoms with Gasteiger partial charge in [0.2, 0.25) is 0 Å². The third-order valence-corrected chi connectivity index (χ3v) is 19.3. The predicted octanol–water partition coefficient (Wildman–Crippen LogP) is 20.9. The van der Waals surface area contributed by atoms with Gasteiger partial charge in [-0.2, -0.15) is 0 Å². The molecular weight excluding hydrogens is 1500 g/mol. The van der Waals surface area contributed by atoms with Crippen molar-refractivity contribution in [2.75, 3.05) is 6.61 Å². The zero-order chi connectivity index (χ0) is 75.4. The molecule has 0 saturated heterocycles. The van der Waals surface area contributed by atoms with Crippen LogP contribution in [0.15, 0.2) is 114 Å². The average molecular weight is 1560 g/mol. The molecule has 9 aromatic rings. The first-order valence-corrected chi connectivity index (χ1v) is 34.6. The summed E-state index contributed by atoms with van der Waals surface area (Å²) in [4.78, 5) is 56.5. The first-order chi connectivity index (χ1) is 48.6. The van der Waals surface area contributed by atoms with E-state index >= 15 is 0 Å². The SMILES string of the molecule is CC(=O)CC(=O)C1(F)CC1.CCOC(=O)c1c(-c2c(C)cccc2Cl)noc1C1(F)CC1.Cc1cccc(Cl)c1-c1noc(C2(F)CC2)c1C(=O)Cl.Cc1cccc(Cl)c1-c1noc(C2(F)CC2)c1C(=O)O.Cc1cccc(Cl)c1-c1noc(C2(F)CC2)c1CO.Cc1cccc(Cl)c1/C(Cl)=N/O. The summed E-state index contributed by atoms with van der Waals surface area (Å²) < 4.78 is 95.1. The van der Waals surface area contributed by atoms with E-state index in [0.29, 0.717) is 116 Å². The minimum atomic E-state index is -1.70.